The van der Waals surface area contributed by atoms with Crippen LogP contribution in [0.1, 0.15) is 20.3 Å². The molecule has 0 saturated heterocycles. The van der Waals surface area contributed by atoms with E-state index in [1.54, 1.807) is 0 Å². The maximum absolute atomic E-state index is 10.3. The summed E-state index contributed by atoms with van der Waals surface area (Å²) in [7, 11) is 0. The van der Waals surface area contributed by atoms with E-state index in [4.69, 9.17) is 5.11 Å². The van der Waals surface area contributed by atoms with Crippen LogP contribution in [0.15, 0.2) is 12.7 Å². The molecule has 3 heteroatoms. The molecule has 3 nitrogen and oxygen atoms in total. The predicted octanol–water partition coefficient (Wildman–Crippen LogP) is 1.61. The maximum Gasteiger partial charge on any atom is 0.304 e. The lowest BCUT2D eigenvalue weighted by Crippen LogP contribution is -2.30. The minimum atomic E-state index is -0.738. The molecule has 0 aliphatic carbocycles. The first-order valence-corrected chi connectivity index (χ1v) is 4.61. The van der Waals surface area contributed by atoms with E-state index in [2.05, 4.69) is 25.3 Å². The number of nitrogens with zero attached hydrogens (tertiary/aromatic N) is 1. The smallest absolute Gasteiger partial charge is 0.304 e. The Bertz CT molecular complexity index is 166. The van der Waals surface area contributed by atoms with Crippen LogP contribution in [0.3, 0.4) is 0 Å². The van der Waals surface area contributed by atoms with E-state index in [1.807, 2.05) is 6.08 Å². The molecule has 0 aromatic carbocycles. The van der Waals surface area contributed by atoms with Crippen LogP contribution in [0.5, 0.6) is 0 Å². The lowest BCUT2D eigenvalue weighted by atomic mass is 10.2. The zero-order chi connectivity index (χ0) is 10.3. The summed E-state index contributed by atoms with van der Waals surface area (Å²) >= 11 is 0. The molecule has 0 aromatic heterocycles. The van der Waals surface area contributed by atoms with Crippen molar-refractivity contribution < 1.29 is 9.90 Å². The largest absolute Gasteiger partial charge is 0.481 e. The fourth-order valence-corrected chi connectivity index (χ4v) is 1.21. The van der Waals surface area contributed by atoms with Crippen molar-refractivity contribution in [2.75, 3.05) is 19.6 Å². The van der Waals surface area contributed by atoms with Gasteiger partial charge in [-0.25, -0.2) is 0 Å². The van der Waals surface area contributed by atoms with Gasteiger partial charge in [0, 0.05) is 19.6 Å². The van der Waals surface area contributed by atoms with Crippen molar-refractivity contribution in [1.82, 2.24) is 4.90 Å². The van der Waals surface area contributed by atoms with Gasteiger partial charge in [0.05, 0.1) is 6.42 Å². The first-order valence-electron chi connectivity index (χ1n) is 4.61. The van der Waals surface area contributed by atoms with Crippen LogP contribution < -0.4 is 0 Å². The quantitative estimate of drug-likeness (QED) is 0.612. The van der Waals surface area contributed by atoms with Gasteiger partial charge in [-0.2, -0.15) is 0 Å². The Labute approximate surface area is 80.0 Å². The normalized spacial score (nSPS) is 10.8. The maximum atomic E-state index is 10.3. The fraction of sp³-hybridized carbons (Fsp3) is 0.700. The molecule has 0 radical (unpaired) electrons. The number of hydrogen-bond acceptors (Lipinski definition) is 2. The van der Waals surface area contributed by atoms with Gasteiger partial charge in [-0.3, -0.25) is 9.69 Å². The van der Waals surface area contributed by atoms with Crippen molar-refractivity contribution in [3.8, 4) is 0 Å². The van der Waals surface area contributed by atoms with Crippen LogP contribution in [-0.2, 0) is 4.79 Å². The number of rotatable bonds is 7. The fourth-order valence-electron chi connectivity index (χ4n) is 1.21. The topological polar surface area (TPSA) is 40.5 Å². The minimum Gasteiger partial charge on any atom is -0.481 e. The van der Waals surface area contributed by atoms with Gasteiger partial charge in [0.1, 0.15) is 0 Å². The van der Waals surface area contributed by atoms with Crippen molar-refractivity contribution in [2.24, 2.45) is 5.92 Å². The Kier molecular flexibility index (Phi) is 6.24. The predicted molar refractivity (Wildman–Crippen MR) is 53.7 cm³/mol. The molecular formula is C10H19NO2. The van der Waals surface area contributed by atoms with Gasteiger partial charge in [-0.1, -0.05) is 19.9 Å². The van der Waals surface area contributed by atoms with Crippen molar-refractivity contribution >= 4 is 5.97 Å². The molecule has 0 aliphatic rings. The number of aliphatic carboxylic acids is 1. The highest BCUT2D eigenvalue weighted by atomic mass is 16.4. The Morgan fingerprint density at radius 2 is 2.23 bits per heavy atom. The molecule has 0 rings (SSSR count). The molecule has 0 spiro atoms. The molecule has 0 saturated carbocycles. The number of carbonyl (C=O) groups is 1. The van der Waals surface area contributed by atoms with E-state index in [-0.39, 0.29) is 6.42 Å². The SMILES string of the molecule is C=CCN(CCC(=O)O)CC(C)C. The number of carboxylic acid groups (broad SMARTS) is 1. The van der Waals surface area contributed by atoms with Crippen LogP contribution in [0, 0.1) is 5.92 Å². The van der Waals surface area contributed by atoms with E-state index >= 15 is 0 Å². The molecule has 13 heavy (non-hydrogen) atoms. The summed E-state index contributed by atoms with van der Waals surface area (Å²) in [4.78, 5) is 12.4. The lowest BCUT2D eigenvalue weighted by Gasteiger charge is -2.21. The van der Waals surface area contributed by atoms with Crippen molar-refractivity contribution in [2.45, 2.75) is 20.3 Å². The van der Waals surface area contributed by atoms with Gasteiger partial charge in [-0.05, 0) is 5.92 Å². The molecule has 0 aliphatic heterocycles. The first kappa shape index (κ1) is 12.2. The van der Waals surface area contributed by atoms with Crippen LogP contribution in [0.25, 0.3) is 0 Å². The highest BCUT2D eigenvalue weighted by Gasteiger charge is 2.07. The Hall–Kier alpha value is -0.830. The van der Waals surface area contributed by atoms with Crippen LogP contribution in [0.4, 0.5) is 0 Å². The molecular weight excluding hydrogens is 166 g/mol. The summed E-state index contributed by atoms with van der Waals surface area (Å²) in [6, 6.07) is 0. The zero-order valence-electron chi connectivity index (χ0n) is 8.49. The first-order chi connectivity index (χ1) is 6.06. The van der Waals surface area contributed by atoms with Crippen molar-refractivity contribution in [1.29, 1.82) is 0 Å². The third kappa shape index (κ3) is 7.53. The Balaban J connectivity index is 3.79. The van der Waals surface area contributed by atoms with E-state index in [0.717, 1.165) is 13.1 Å². The van der Waals surface area contributed by atoms with Crippen LogP contribution >= 0.6 is 0 Å². The standard InChI is InChI=1S/C10H19NO2/c1-4-6-11(8-9(2)3)7-5-10(12)13/h4,9H,1,5-8H2,2-3H3,(H,12,13). The number of hydrogen-bond donors (Lipinski definition) is 1. The second-order valence-corrected chi connectivity index (χ2v) is 3.59. The van der Waals surface area contributed by atoms with Gasteiger partial charge in [-0.15, -0.1) is 6.58 Å². The molecule has 1 N–H and O–H groups in total. The van der Waals surface area contributed by atoms with E-state index in [1.165, 1.54) is 0 Å². The summed E-state index contributed by atoms with van der Waals surface area (Å²) in [5.41, 5.74) is 0. The number of carboxylic acids is 1. The highest BCUT2D eigenvalue weighted by molar-refractivity contribution is 5.66. The Morgan fingerprint density at radius 1 is 1.62 bits per heavy atom. The summed E-state index contributed by atoms with van der Waals surface area (Å²) in [5, 5.41) is 8.51. The van der Waals surface area contributed by atoms with Gasteiger partial charge in [0.25, 0.3) is 0 Å². The average Bonchev–Trinajstić information content (AvgIpc) is 1.99. The molecule has 0 aromatic rings. The van der Waals surface area contributed by atoms with E-state index in [9.17, 15) is 4.79 Å². The van der Waals surface area contributed by atoms with Crippen molar-refractivity contribution in [3.63, 3.8) is 0 Å². The molecule has 0 heterocycles. The van der Waals surface area contributed by atoms with Gasteiger partial charge in [0.15, 0.2) is 0 Å². The van der Waals surface area contributed by atoms with Crippen molar-refractivity contribution in [3.05, 3.63) is 12.7 Å². The molecule has 0 amide bonds. The Morgan fingerprint density at radius 3 is 2.62 bits per heavy atom. The van der Waals surface area contributed by atoms with E-state index < -0.39 is 5.97 Å². The van der Waals surface area contributed by atoms with Gasteiger partial charge < -0.3 is 5.11 Å². The third-order valence-corrected chi connectivity index (χ3v) is 1.65. The summed E-state index contributed by atoms with van der Waals surface area (Å²) in [6.45, 7) is 10.2. The van der Waals surface area contributed by atoms with Gasteiger partial charge in [0.2, 0.25) is 0 Å². The third-order valence-electron chi connectivity index (χ3n) is 1.65. The molecule has 0 fully saturated rings. The zero-order valence-corrected chi connectivity index (χ0v) is 8.49. The highest BCUT2D eigenvalue weighted by Crippen LogP contribution is 1.99. The summed E-state index contributed by atoms with van der Waals surface area (Å²) in [6.07, 6.45) is 2.02. The second-order valence-electron chi connectivity index (χ2n) is 3.59. The summed E-state index contributed by atoms with van der Waals surface area (Å²) in [5.74, 6) is -0.174. The summed E-state index contributed by atoms with van der Waals surface area (Å²) < 4.78 is 0. The molecule has 0 unspecified atom stereocenters. The monoisotopic (exact) mass is 185 g/mol. The lowest BCUT2D eigenvalue weighted by molar-refractivity contribution is -0.137. The van der Waals surface area contributed by atoms with Gasteiger partial charge >= 0.3 is 5.97 Å². The molecule has 76 valence electrons. The van der Waals surface area contributed by atoms with E-state index in [0.29, 0.717) is 12.5 Å². The molecule has 0 bridgehead atoms. The van der Waals surface area contributed by atoms with Crippen LogP contribution in [-0.4, -0.2) is 35.6 Å². The minimum absolute atomic E-state index is 0.209. The van der Waals surface area contributed by atoms with Crippen LogP contribution in [0.2, 0.25) is 0 Å². The molecule has 0 atom stereocenters. The average molecular weight is 185 g/mol. The second kappa shape index (κ2) is 6.66.